The zero-order valence-electron chi connectivity index (χ0n) is 7.88. The van der Waals surface area contributed by atoms with E-state index in [1.807, 2.05) is 30.3 Å². The van der Waals surface area contributed by atoms with Crippen LogP contribution in [0.25, 0.3) is 0 Å². The van der Waals surface area contributed by atoms with Crippen molar-refractivity contribution in [3.63, 3.8) is 0 Å². The predicted octanol–water partition coefficient (Wildman–Crippen LogP) is 1.45. The molecule has 1 aromatic rings. The molecule has 74 valence electrons. The van der Waals surface area contributed by atoms with Gasteiger partial charge in [-0.15, -0.1) is 0 Å². The highest BCUT2D eigenvalue weighted by molar-refractivity contribution is 5.24. The Bertz CT molecular complexity index is 318. The van der Waals surface area contributed by atoms with Crippen molar-refractivity contribution < 1.29 is 10.2 Å². The van der Waals surface area contributed by atoms with Crippen LogP contribution in [0.4, 0.5) is 0 Å². The molecule has 0 aromatic heterocycles. The minimum Gasteiger partial charge on any atom is -0.389 e. The molecule has 0 aliphatic heterocycles. The minimum atomic E-state index is -0.471. The standard InChI is InChI=1S/C12H14O2/c13-10-6-7-12(14)11(8-10)9-4-2-1-3-5-9/h1-7,10-14H,8H2. The third-order valence-electron chi connectivity index (χ3n) is 2.67. The van der Waals surface area contributed by atoms with Crippen LogP contribution in [-0.2, 0) is 0 Å². The highest BCUT2D eigenvalue weighted by Crippen LogP contribution is 2.29. The monoisotopic (exact) mass is 190 g/mol. The summed E-state index contributed by atoms with van der Waals surface area (Å²) in [6.45, 7) is 0. The molecule has 3 atom stereocenters. The summed E-state index contributed by atoms with van der Waals surface area (Å²) in [4.78, 5) is 0. The molecule has 2 nitrogen and oxygen atoms in total. The van der Waals surface area contributed by atoms with Gasteiger partial charge in [0.1, 0.15) is 0 Å². The van der Waals surface area contributed by atoms with E-state index in [2.05, 4.69) is 0 Å². The van der Waals surface area contributed by atoms with E-state index in [9.17, 15) is 10.2 Å². The van der Waals surface area contributed by atoms with Crippen LogP contribution in [0.1, 0.15) is 17.9 Å². The van der Waals surface area contributed by atoms with Gasteiger partial charge >= 0.3 is 0 Å². The largest absolute Gasteiger partial charge is 0.389 e. The van der Waals surface area contributed by atoms with Gasteiger partial charge in [-0.2, -0.15) is 0 Å². The van der Waals surface area contributed by atoms with Crippen molar-refractivity contribution in [2.45, 2.75) is 24.5 Å². The van der Waals surface area contributed by atoms with E-state index in [0.29, 0.717) is 6.42 Å². The van der Waals surface area contributed by atoms with E-state index in [1.54, 1.807) is 12.2 Å². The van der Waals surface area contributed by atoms with Gasteiger partial charge in [-0.1, -0.05) is 42.5 Å². The van der Waals surface area contributed by atoms with Crippen molar-refractivity contribution >= 4 is 0 Å². The van der Waals surface area contributed by atoms with Crippen LogP contribution in [0.3, 0.4) is 0 Å². The molecule has 14 heavy (non-hydrogen) atoms. The number of rotatable bonds is 1. The Morgan fingerprint density at radius 1 is 1.00 bits per heavy atom. The first-order chi connectivity index (χ1) is 6.77. The second-order valence-corrected chi connectivity index (χ2v) is 3.70. The predicted molar refractivity (Wildman–Crippen MR) is 55.0 cm³/mol. The molecule has 0 spiro atoms. The zero-order chi connectivity index (χ0) is 9.97. The maximum absolute atomic E-state index is 9.74. The van der Waals surface area contributed by atoms with Gasteiger partial charge in [-0.3, -0.25) is 0 Å². The van der Waals surface area contributed by atoms with Crippen molar-refractivity contribution in [3.05, 3.63) is 48.0 Å². The topological polar surface area (TPSA) is 40.5 Å². The van der Waals surface area contributed by atoms with E-state index < -0.39 is 12.2 Å². The van der Waals surface area contributed by atoms with Gasteiger partial charge in [0, 0.05) is 5.92 Å². The Kier molecular flexibility index (Phi) is 2.66. The van der Waals surface area contributed by atoms with Gasteiger partial charge in [-0.25, -0.2) is 0 Å². The SMILES string of the molecule is OC1C=CC(O)C(c2ccccc2)C1. The molecule has 1 aliphatic rings. The molecule has 1 aliphatic carbocycles. The van der Waals surface area contributed by atoms with E-state index >= 15 is 0 Å². The third kappa shape index (κ3) is 1.86. The summed E-state index contributed by atoms with van der Waals surface area (Å²) in [7, 11) is 0. The highest BCUT2D eigenvalue weighted by Gasteiger charge is 2.24. The maximum Gasteiger partial charge on any atom is 0.0791 e. The summed E-state index contributed by atoms with van der Waals surface area (Å²) in [6.07, 6.45) is 3.03. The van der Waals surface area contributed by atoms with Crippen LogP contribution in [0, 0.1) is 0 Å². The fourth-order valence-electron chi connectivity index (χ4n) is 1.89. The lowest BCUT2D eigenvalue weighted by molar-refractivity contribution is 0.124. The van der Waals surface area contributed by atoms with Gasteiger partial charge in [0.15, 0.2) is 0 Å². The summed E-state index contributed by atoms with van der Waals surface area (Å²) in [5, 5.41) is 19.2. The number of hydrogen-bond acceptors (Lipinski definition) is 2. The number of aliphatic hydroxyl groups is 2. The van der Waals surface area contributed by atoms with Crippen LogP contribution in [0.2, 0.25) is 0 Å². The first-order valence-corrected chi connectivity index (χ1v) is 4.87. The Labute approximate surface area is 83.5 Å². The van der Waals surface area contributed by atoms with Crippen molar-refractivity contribution in [2.75, 3.05) is 0 Å². The number of aliphatic hydroxyl groups excluding tert-OH is 2. The van der Waals surface area contributed by atoms with E-state index in [1.165, 1.54) is 0 Å². The normalized spacial score (nSPS) is 31.7. The first-order valence-electron chi connectivity index (χ1n) is 4.87. The van der Waals surface area contributed by atoms with Gasteiger partial charge in [-0.05, 0) is 12.0 Å². The Balaban J connectivity index is 2.23. The van der Waals surface area contributed by atoms with Gasteiger partial charge in [0.25, 0.3) is 0 Å². The van der Waals surface area contributed by atoms with E-state index in [4.69, 9.17) is 0 Å². The molecule has 0 bridgehead atoms. The smallest absolute Gasteiger partial charge is 0.0791 e. The maximum atomic E-state index is 9.74. The minimum absolute atomic E-state index is 0.0243. The van der Waals surface area contributed by atoms with E-state index in [0.717, 1.165) is 5.56 Å². The fraction of sp³-hybridized carbons (Fsp3) is 0.333. The van der Waals surface area contributed by atoms with Crippen LogP contribution in [-0.4, -0.2) is 22.4 Å². The molecule has 2 rings (SSSR count). The second-order valence-electron chi connectivity index (χ2n) is 3.70. The summed E-state index contributed by atoms with van der Waals surface area (Å²) < 4.78 is 0. The Morgan fingerprint density at radius 2 is 1.71 bits per heavy atom. The van der Waals surface area contributed by atoms with Crippen molar-refractivity contribution in [2.24, 2.45) is 0 Å². The van der Waals surface area contributed by atoms with E-state index in [-0.39, 0.29) is 5.92 Å². The zero-order valence-corrected chi connectivity index (χ0v) is 7.88. The first kappa shape index (κ1) is 9.44. The lowest BCUT2D eigenvalue weighted by Crippen LogP contribution is -2.25. The lowest BCUT2D eigenvalue weighted by Gasteiger charge is -2.26. The van der Waals surface area contributed by atoms with Crippen LogP contribution < -0.4 is 0 Å². The molecule has 2 heteroatoms. The molecule has 0 amide bonds. The lowest BCUT2D eigenvalue weighted by atomic mass is 9.84. The fourth-order valence-corrected chi connectivity index (χ4v) is 1.89. The molecule has 0 fully saturated rings. The summed E-state index contributed by atoms with van der Waals surface area (Å²) >= 11 is 0. The molecular formula is C12H14O2. The molecule has 1 aromatic carbocycles. The number of hydrogen-bond donors (Lipinski definition) is 2. The van der Waals surface area contributed by atoms with Gasteiger partial charge in [0.2, 0.25) is 0 Å². The summed E-state index contributed by atoms with van der Waals surface area (Å²) in [5.41, 5.74) is 1.09. The van der Waals surface area contributed by atoms with Crippen LogP contribution in [0.15, 0.2) is 42.5 Å². The average molecular weight is 190 g/mol. The Morgan fingerprint density at radius 3 is 2.43 bits per heavy atom. The van der Waals surface area contributed by atoms with Crippen LogP contribution in [0.5, 0.6) is 0 Å². The molecule has 0 heterocycles. The molecule has 0 saturated carbocycles. The van der Waals surface area contributed by atoms with Crippen molar-refractivity contribution in [1.29, 1.82) is 0 Å². The second kappa shape index (κ2) is 3.95. The third-order valence-corrected chi connectivity index (χ3v) is 2.67. The molecule has 0 saturated heterocycles. The number of benzene rings is 1. The Hall–Kier alpha value is -1.12. The summed E-state index contributed by atoms with van der Waals surface area (Å²) in [6, 6.07) is 9.82. The van der Waals surface area contributed by atoms with Crippen molar-refractivity contribution in [3.8, 4) is 0 Å². The highest BCUT2D eigenvalue weighted by atomic mass is 16.3. The van der Waals surface area contributed by atoms with Crippen LogP contribution >= 0.6 is 0 Å². The molecule has 0 radical (unpaired) electrons. The quantitative estimate of drug-likeness (QED) is 0.658. The van der Waals surface area contributed by atoms with Gasteiger partial charge < -0.3 is 10.2 Å². The molecular weight excluding hydrogens is 176 g/mol. The van der Waals surface area contributed by atoms with Crippen molar-refractivity contribution in [1.82, 2.24) is 0 Å². The van der Waals surface area contributed by atoms with Gasteiger partial charge in [0.05, 0.1) is 12.2 Å². The average Bonchev–Trinajstić information content (AvgIpc) is 2.23. The molecule has 2 N–H and O–H groups in total. The molecule has 3 unspecified atom stereocenters. The summed E-state index contributed by atoms with van der Waals surface area (Å²) in [5.74, 6) is 0.0243.